The number of carbonyl (C=O) groups is 1. The molecule has 4 rings (SSSR count). The summed E-state index contributed by atoms with van der Waals surface area (Å²) < 4.78 is 0. The van der Waals surface area contributed by atoms with E-state index in [2.05, 4.69) is 9.97 Å². The van der Waals surface area contributed by atoms with Gasteiger partial charge in [-0.1, -0.05) is 6.42 Å². The summed E-state index contributed by atoms with van der Waals surface area (Å²) in [4.78, 5) is 19.8. The van der Waals surface area contributed by atoms with Crippen LogP contribution in [0.5, 0.6) is 0 Å². The van der Waals surface area contributed by atoms with E-state index in [1.807, 2.05) is 18.3 Å². The largest absolute Gasteiger partial charge is 0.345 e. The van der Waals surface area contributed by atoms with Crippen molar-refractivity contribution < 1.29 is 4.79 Å². The molecule has 2 aliphatic rings. The molecule has 3 heteroatoms. The van der Waals surface area contributed by atoms with Crippen LogP contribution in [0.15, 0.2) is 24.5 Å². The number of aromatic amines is 1. The van der Waals surface area contributed by atoms with Gasteiger partial charge in [-0.3, -0.25) is 4.79 Å². The van der Waals surface area contributed by atoms with E-state index in [-0.39, 0.29) is 5.78 Å². The van der Waals surface area contributed by atoms with Crippen LogP contribution in [0.1, 0.15) is 42.5 Å². The Balaban J connectivity index is 1.57. The molecule has 0 aromatic carbocycles. The first-order valence-corrected chi connectivity index (χ1v) is 7.26. The Kier molecular flexibility index (Phi) is 2.47. The summed E-state index contributed by atoms with van der Waals surface area (Å²) in [5.74, 6) is 2.65. The number of nitrogens with zero attached hydrogens (tertiary/aromatic N) is 1. The average molecular weight is 254 g/mol. The molecule has 2 aliphatic carbocycles. The number of carbonyl (C=O) groups excluding carboxylic acids is 1. The molecule has 98 valence electrons. The SMILES string of the molecule is O=C(CC1CC2CCC1C2)c1c[nH]c2ncccc12. The predicted octanol–water partition coefficient (Wildman–Crippen LogP) is 3.57. The van der Waals surface area contributed by atoms with Crippen LogP contribution in [0, 0.1) is 17.8 Å². The molecule has 2 saturated carbocycles. The Morgan fingerprint density at radius 3 is 3.11 bits per heavy atom. The molecule has 2 heterocycles. The first kappa shape index (κ1) is 11.2. The summed E-state index contributed by atoms with van der Waals surface area (Å²) in [5, 5.41) is 0.968. The Morgan fingerprint density at radius 2 is 2.32 bits per heavy atom. The maximum Gasteiger partial charge on any atom is 0.165 e. The second-order valence-electron chi connectivity index (χ2n) is 6.16. The van der Waals surface area contributed by atoms with E-state index in [9.17, 15) is 4.79 Å². The van der Waals surface area contributed by atoms with Gasteiger partial charge in [0.05, 0.1) is 0 Å². The number of H-pyrrole nitrogens is 1. The summed E-state index contributed by atoms with van der Waals surface area (Å²) in [5.41, 5.74) is 1.64. The molecule has 2 aromatic rings. The zero-order chi connectivity index (χ0) is 12.8. The lowest BCUT2D eigenvalue weighted by Gasteiger charge is -2.20. The average Bonchev–Trinajstić information content (AvgIpc) is 3.13. The van der Waals surface area contributed by atoms with Crippen molar-refractivity contribution in [1.29, 1.82) is 0 Å². The number of nitrogens with one attached hydrogen (secondary N) is 1. The fraction of sp³-hybridized carbons (Fsp3) is 0.500. The first-order chi connectivity index (χ1) is 9.31. The van der Waals surface area contributed by atoms with Gasteiger partial charge >= 0.3 is 0 Å². The third-order valence-electron chi connectivity index (χ3n) is 5.08. The fourth-order valence-electron chi connectivity index (χ4n) is 4.16. The molecule has 0 amide bonds. The van der Waals surface area contributed by atoms with Gasteiger partial charge in [0.15, 0.2) is 5.78 Å². The van der Waals surface area contributed by atoms with E-state index in [0.717, 1.165) is 34.9 Å². The molecular formula is C16H18N2O. The van der Waals surface area contributed by atoms with Crippen LogP contribution in [-0.4, -0.2) is 15.8 Å². The van der Waals surface area contributed by atoms with E-state index in [1.165, 1.54) is 25.7 Å². The standard InChI is InChI=1S/C16H18N2O/c19-15(8-12-7-10-3-4-11(12)6-10)14-9-18-16-13(14)2-1-5-17-16/h1-2,5,9-12H,3-4,6-8H2,(H,17,18). The van der Waals surface area contributed by atoms with E-state index in [4.69, 9.17) is 0 Å². The summed E-state index contributed by atoms with van der Waals surface area (Å²) >= 11 is 0. The smallest absolute Gasteiger partial charge is 0.165 e. The molecule has 3 unspecified atom stereocenters. The Labute approximate surface area is 112 Å². The van der Waals surface area contributed by atoms with Gasteiger partial charge in [-0.05, 0) is 49.1 Å². The minimum Gasteiger partial charge on any atom is -0.345 e. The lowest BCUT2D eigenvalue weighted by molar-refractivity contribution is 0.0946. The maximum atomic E-state index is 12.5. The van der Waals surface area contributed by atoms with Gasteiger partial charge in [-0.15, -0.1) is 0 Å². The van der Waals surface area contributed by atoms with Crippen molar-refractivity contribution in [2.75, 3.05) is 0 Å². The zero-order valence-corrected chi connectivity index (χ0v) is 10.9. The van der Waals surface area contributed by atoms with Crippen molar-refractivity contribution in [3.05, 3.63) is 30.1 Å². The topological polar surface area (TPSA) is 45.8 Å². The monoisotopic (exact) mass is 254 g/mol. The van der Waals surface area contributed by atoms with Crippen LogP contribution >= 0.6 is 0 Å². The number of hydrogen-bond acceptors (Lipinski definition) is 2. The highest BCUT2D eigenvalue weighted by Crippen LogP contribution is 2.49. The number of ketones is 1. The van der Waals surface area contributed by atoms with Gasteiger partial charge in [0.1, 0.15) is 5.65 Å². The first-order valence-electron chi connectivity index (χ1n) is 7.26. The van der Waals surface area contributed by atoms with Gasteiger partial charge in [0.2, 0.25) is 0 Å². The number of hydrogen-bond donors (Lipinski definition) is 1. The van der Waals surface area contributed by atoms with Crippen molar-refractivity contribution in [1.82, 2.24) is 9.97 Å². The molecule has 1 N–H and O–H groups in total. The molecule has 3 atom stereocenters. The third kappa shape index (κ3) is 1.79. The number of fused-ring (bicyclic) bond motifs is 3. The Hall–Kier alpha value is -1.64. The quantitative estimate of drug-likeness (QED) is 0.851. The van der Waals surface area contributed by atoms with Gasteiger partial charge in [-0.25, -0.2) is 4.98 Å². The molecule has 19 heavy (non-hydrogen) atoms. The summed E-state index contributed by atoms with van der Waals surface area (Å²) in [6, 6.07) is 3.87. The number of Topliss-reactive ketones (excluding diaryl/α,β-unsaturated/α-hetero) is 1. The van der Waals surface area contributed by atoms with E-state index in [0.29, 0.717) is 5.92 Å². The van der Waals surface area contributed by atoms with Gasteiger partial charge in [0, 0.05) is 29.8 Å². The third-order valence-corrected chi connectivity index (χ3v) is 5.08. The van der Waals surface area contributed by atoms with Crippen molar-refractivity contribution in [3.63, 3.8) is 0 Å². The zero-order valence-electron chi connectivity index (χ0n) is 10.9. The lowest BCUT2D eigenvalue weighted by Crippen LogP contribution is -2.15. The molecule has 2 fully saturated rings. The van der Waals surface area contributed by atoms with Crippen molar-refractivity contribution in [2.45, 2.75) is 32.1 Å². The number of aromatic nitrogens is 2. The summed E-state index contributed by atoms with van der Waals surface area (Å²) in [6.07, 6.45) is 9.69. The fourth-order valence-corrected chi connectivity index (χ4v) is 4.16. The molecule has 0 radical (unpaired) electrons. The predicted molar refractivity (Wildman–Crippen MR) is 74.0 cm³/mol. The van der Waals surface area contributed by atoms with E-state index >= 15 is 0 Å². The summed E-state index contributed by atoms with van der Waals surface area (Å²) in [7, 11) is 0. The van der Waals surface area contributed by atoms with Gasteiger partial charge in [0.25, 0.3) is 0 Å². The highest BCUT2D eigenvalue weighted by atomic mass is 16.1. The van der Waals surface area contributed by atoms with Gasteiger partial charge in [-0.2, -0.15) is 0 Å². The lowest BCUT2D eigenvalue weighted by atomic mass is 9.84. The highest BCUT2D eigenvalue weighted by molar-refractivity contribution is 6.07. The second kappa shape index (κ2) is 4.19. The molecule has 2 aromatic heterocycles. The summed E-state index contributed by atoms with van der Waals surface area (Å²) in [6.45, 7) is 0. The van der Waals surface area contributed by atoms with Crippen LogP contribution < -0.4 is 0 Å². The van der Waals surface area contributed by atoms with Crippen molar-refractivity contribution >= 4 is 16.8 Å². The van der Waals surface area contributed by atoms with E-state index in [1.54, 1.807) is 6.20 Å². The van der Waals surface area contributed by atoms with Gasteiger partial charge < -0.3 is 4.98 Å². The minimum absolute atomic E-state index is 0.289. The van der Waals surface area contributed by atoms with Crippen LogP contribution in [-0.2, 0) is 0 Å². The van der Waals surface area contributed by atoms with Crippen LogP contribution in [0.3, 0.4) is 0 Å². The highest BCUT2D eigenvalue weighted by Gasteiger charge is 2.40. The van der Waals surface area contributed by atoms with Crippen LogP contribution in [0.2, 0.25) is 0 Å². The second-order valence-corrected chi connectivity index (χ2v) is 6.16. The maximum absolute atomic E-state index is 12.5. The number of rotatable bonds is 3. The van der Waals surface area contributed by atoms with Crippen molar-refractivity contribution in [3.8, 4) is 0 Å². The molecule has 0 saturated heterocycles. The molecule has 0 spiro atoms. The Morgan fingerprint density at radius 1 is 1.37 bits per heavy atom. The number of pyridine rings is 1. The molecule has 0 aliphatic heterocycles. The Bertz CT molecular complexity index is 630. The van der Waals surface area contributed by atoms with Crippen LogP contribution in [0.25, 0.3) is 11.0 Å². The normalized spacial score (nSPS) is 29.2. The van der Waals surface area contributed by atoms with Crippen LogP contribution in [0.4, 0.5) is 0 Å². The van der Waals surface area contributed by atoms with E-state index < -0.39 is 0 Å². The molecule has 3 nitrogen and oxygen atoms in total. The molecule has 2 bridgehead atoms. The molecular weight excluding hydrogens is 236 g/mol. The minimum atomic E-state index is 0.289. The van der Waals surface area contributed by atoms with Crippen molar-refractivity contribution in [2.24, 2.45) is 17.8 Å².